The lowest BCUT2D eigenvalue weighted by molar-refractivity contribution is -0.123. The van der Waals surface area contributed by atoms with E-state index in [0.717, 1.165) is 11.3 Å². The molecular formula is C13H16N2O3S. The number of ether oxygens (including phenoxy) is 1. The van der Waals surface area contributed by atoms with E-state index >= 15 is 0 Å². The van der Waals surface area contributed by atoms with Gasteiger partial charge in [-0.1, -0.05) is 35.6 Å². The lowest BCUT2D eigenvalue weighted by Crippen LogP contribution is -2.25. The van der Waals surface area contributed by atoms with Gasteiger partial charge in [0, 0.05) is 17.0 Å². The van der Waals surface area contributed by atoms with Crippen molar-refractivity contribution < 1.29 is 14.6 Å². The van der Waals surface area contributed by atoms with Crippen molar-refractivity contribution >= 4 is 17.2 Å². The molecule has 1 atom stereocenters. The summed E-state index contributed by atoms with van der Waals surface area (Å²) in [6.07, 6.45) is 11.0. The minimum Gasteiger partial charge on any atom is -0.469 e. The smallest absolute Gasteiger partial charge is 0.273 e. The number of aromatic nitrogens is 1. The highest BCUT2D eigenvalue weighted by Crippen LogP contribution is 2.22. The first-order valence-electron chi connectivity index (χ1n) is 6.06. The van der Waals surface area contributed by atoms with Gasteiger partial charge in [0.05, 0.1) is 13.2 Å². The molecular weight excluding hydrogens is 264 g/mol. The van der Waals surface area contributed by atoms with Gasteiger partial charge in [0.1, 0.15) is 6.61 Å². The maximum absolute atomic E-state index is 10.9. The molecule has 0 saturated heterocycles. The summed E-state index contributed by atoms with van der Waals surface area (Å²) in [5, 5.41) is 11.8. The van der Waals surface area contributed by atoms with Gasteiger partial charge in [-0.2, -0.15) is 0 Å². The highest BCUT2D eigenvalue weighted by atomic mass is 32.1. The van der Waals surface area contributed by atoms with Crippen LogP contribution >= 0.6 is 11.3 Å². The van der Waals surface area contributed by atoms with E-state index in [1.54, 1.807) is 6.20 Å². The van der Waals surface area contributed by atoms with Gasteiger partial charge in [-0.05, 0) is 6.42 Å². The van der Waals surface area contributed by atoms with Crippen molar-refractivity contribution in [1.82, 2.24) is 10.3 Å². The van der Waals surface area contributed by atoms with Crippen LogP contribution in [0.5, 0.6) is 5.19 Å². The molecule has 2 rings (SSSR count). The quantitative estimate of drug-likeness (QED) is 0.823. The lowest BCUT2D eigenvalue weighted by atomic mass is 10.0. The topological polar surface area (TPSA) is 71.5 Å². The van der Waals surface area contributed by atoms with Gasteiger partial charge in [-0.15, -0.1) is 0 Å². The number of aliphatic hydroxyl groups is 1. The van der Waals surface area contributed by atoms with Crippen molar-refractivity contribution in [3.8, 4) is 5.19 Å². The van der Waals surface area contributed by atoms with E-state index in [2.05, 4.69) is 22.5 Å². The number of rotatable bonds is 6. The Balaban J connectivity index is 1.75. The van der Waals surface area contributed by atoms with E-state index in [4.69, 9.17) is 9.84 Å². The van der Waals surface area contributed by atoms with Crippen molar-refractivity contribution in [3.63, 3.8) is 0 Å². The Kier molecular flexibility index (Phi) is 5.11. The van der Waals surface area contributed by atoms with E-state index in [-0.39, 0.29) is 0 Å². The van der Waals surface area contributed by atoms with Crippen molar-refractivity contribution in [2.45, 2.75) is 13.0 Å². The minimum atomic E-state index is -0.496. The second-order valence-electron chi connectivity index (χ2n) is 4.15. The highest BCUT2D eigenvalue weighted by molar-refractivity contribution is 7.13. The largest absolute Gasteiger partial charge is 0.469 e. The van der Waals surface area contributed by atoms with Gasteiger partial charge in [0.15, 0.2) is 0 Å². The van der Waals surface area contributed by atoms with Crippen molar-refractivity contribution in [2.24, 2.45) is 5.92 Å². The molecule has 1 aromatic heterocycles. The summed E-state index contributed by atoms with van der Waals surface area (Å²) in [6.45, 7) is 0.479. The molecule has 19 heavy (non-hydrogen) atoms. The summed E-state index contributed by atoms with van der Waals surface area (Å²) in [4.78, 5) is 15.9. The third-order valence-electron chi connectivity index (χ3n) is 2.63. The summed E-state index contributed by atoms with van der Waals surface area (Å²) >= 11 is 1.40. The Morgan fingerprint density at radius 2 is 2.47 bits per heavy atom. The molecule has 1 aromatic rings. The Bertz CT molecular complexity index is 482. The predicted octanol–water partition coefficient (Wildman–Crippen LogP) is 1.26. The zero-order valence-electron chi connectivity index (χ0n) is 10.4. The fourth-order valence-corrected chi connectivity index (χ4v) is 2.32. The number of nitrogens with zero attached hydrogens (tertiary/aromatic N) is 1. The minimum absolute atomic E-state index is 0.368. The third-order valence-corrected chi connectivity index (χ3v) is 3.54. The lowest BCUT2D eigenvalue weighted by Gasteiger charge is -2.12. The van der Waals surface area contributed by atoms with Crippen LogP contribution in [0.15, 0.2) is 30.5 Å². The van der Waals surface area contributed by atoms with E-state index in [1.807, 2.05) is 12.2 Å². The maximum atomic E-state index is 10.9. The highest BCUT2D eigenvalue weighted by Gasteiger charge is 2.09. The summed E-state index contributed by atoms with van der Waals surface area (Å²) in [5.41, 5.74) is 0. The van der Waals surface area contributed by atoms with Crippen LogP contribution in [-0.2, 0) is 11.3 Å². The number of carbonyl (C=O) groups is 1. The number of nitrogens with one attached hydrogen (secondary N) is 1. The second kappa shape index (κ2) is 7.06. The van der Waals surface area contributed by atoms with Crippen molar-refractivity contribution in [2.75, 3.05) is 13.2 Å². The van der Waals surface area contributed by atoms with Gasteiger partial charge in [0.25, 0.3) is 5.19 Å². The summed E-state index contributed by atoms with van der Waals surface area (Å²) in [7, 11) is 0. The molecule has 1 amide bonds. The first kappa shape index (κ1) is 13.8. The van der Waals surface area contributed by atoms with E-state index in [1.165, 1.54) is 11.3 Å². The Hall–Kier alpha value is -1.66. The molecule has 0 spiro atoms. The number of allylic oxidation sites excluding steroid dienone is 3. The number of aliphatic hydroxyl groups excluding tert-OH is 1. The van der Waals surface area contributed by atoms with Crippen LogP contribution in [0.1, 0.15) is 11.3 Å². The summed E-state index contributed by atoms with van der Waals surface area (Å²) < 4.78 is 5.62. The maximum Gasteiger partial charge on any atom is 0.273 e. The Labute approximate surface area is 115 Å². The molecule has 0 fully saturated rings. The molecule has 0 bridgehead atoms. The average molecular weight is 280 g/mol. The first-order valence-corrected chi connectivity index (χ1v) is 6.88. The van der Waals surface area contributed by atoms with E-state index in [0.29, 0.717) is 24.3 Å². The molecule has 5 nitrogen and oxygen atoms in total. The van der Waals surface area contributed by atoms with Gasteiger partial charge >= 0.3 is 0 Å². The number of thiazole rings is 1. The molecule has 102 valence electrons. The monoisotopic (exact) mass is 280 g/mol. The second-order valence-corrected chi connectivity index (χ2v) is 5.22. The molecule has 0 radical (unpaired) electrons. The van der Waals surface area contributed by atoms with Crippen LogP contribution in [0.25, 0.3) is 0 Å². The molecule has 2 N–H and O–H groups in total. The molecule has 0 aliphatic heterocycles. The fourth-order valence-electron chi connectivity index (χ4n) is 1.61. The molecule has 1 heterocycles. The molecule has 1 unspecified atom stereocenters. The van der Waals surface area contributed by atoms with Gasteiger partial charge in [-0.25, -0.2) is 4.98 Å². The molecule has 1 aliphatic rings. The SMILES string of the molecule is O=C(CO)NCc1cnc(OCC2C=CC=CC2)s1. The summed E-state index contributed by atoms with van der Waals surface area (Å²) in [5.74, 6) is 0.00133. The first-order chi connectivity index (χ1) is 9.28. The van der Waals surface area contributed by atoms with E-state index in [9.17, 15) is 4.79 Å². The number of carbonyl (C=O) groups excluding carboxylic acids is 1. The average Bonchev–Trinajstić information content (AvgIpc) is 2.91. The van der Waals surface area contributed by atoms with Crippen LogP contribution in [0.2, 0.25) is 0 Å². The van der Waals surface area contributed by atoms with Crippen LogP contribution in [-0.4, -0.2) is 29.2 Å². The number of hydrogen-bond donors (Lipinski definition) is 2. The Morgan fingerprint density at radius 1 is 1.58 bits per heavy atom. The van der Waals surface area contributed by atoms with Gasteiger partial charge in [-0.3, -0.25) is 4.79 Å². The van der Waals surface area contributed by atoms with Gasteiger partial charge in [0.2, 0.25) is 5.91 Å². The van der Waals surface area contributed by atoms with Crippen molar-refractivity contribution in [3.05, 3.63) is 35.4 Å². The molecule has 6 heteroatoms. The standard InChI is InChI=1S/C13H16N2O3S/c16-8-12(17)14-6-11-7-15-13(19-11)18-9-10-4-2-1-3-5-10/h1-4,7,10,16H,5-6,8-9H2,(H,14,17). The van der Waals surface area contributed by atoms with Crippen LogP contribution in [0.3, 0.4) is 0 Å². The third kappa shape index (κ3) is 4.50. The Morgan fingerprint density at radius 3 is 3.21 bits per heavy atom. The molecule has 0 saturated carbocycles. The number of amides is 1. The van der Waals surface area contributed by atoms with E-state index < -0.39 is 12.5 Å². The summed E-state index contributed by atoms with van der Waals surface area (Å²) in [6, 6.07) is 0. The predicted molar refractivity (Wildman–Crippen MR) is 72.9 cm³/mol. The zero-order valence-corrected chi connectivity index (χ0v) is 11.2. The van der Waals surface area contributed by atoms with Crippen molar-refractivity contribution in [1.29, 1.82) is 0 Å². The fraction of sp³-hybridized carbons (Fsp3) is 0.385. The normalized spacial score (nSPS) is 17.4. The number of hydrogen-bond acceptors (Lipinski definition) is 5. The molecule has 1 aliphatic carbocycles. The zero-order chi connectivity index (χ0) is 13.5. The van der Waals surface area contributed by atoms with Crippen LogP contribution in [0.4, 0.5) is 0 Å². The van der Waals surface area contributed by atoms with Gasteiger partial charge < -0.3 is 15.2 Å². The van der Waals surface area contributed by atoms with Crippen LogP contribution < -0.4 is 10.1 Å². The molecule has 0 aromatic carbocycles. The van der Waals surface area contributed by atoms with Crippen LogP contribution in [0, 0.1) is 5.92 Å².